The number of ketones is 1. The highest BCUT2D eigenvalue weighted by Gasteiger charge is 2.26. The third kappa shape index (κ3) is 1.98. The zero-order valence-electron chi connectivity index (χ0n) is 11.8. The van der Waals surface area contributed by atoms with Crippen molar-refractivity contribution in [1.82, 2.24) is 9.88 Å². The van der Waals surface area contributed by atoms with E-state index in [4.69, 9.17) is 0 Å². The number of Topliss-reactive ketones (excluding diaryl/α,β-unsaturated/α-hetero) is 1. The van der Waals surface area contributed by atoms with Crippen LogP contribution in [0.2, 0.25) is 0 Å². The molecule has 0 aliphatic carbocycles. The van der Waals surface area contributed by atoms with E-state index >= 15 is 0 Å². The first kappa shape index (κ1) is 12.4. The summed E-state index contributed by atoms with van der Waals surface area (Å²) in [5.74, 6) is 0.244. The van der Waals surface area contributed by atoms with Crippen molar-refractivity contribution >= 4 is 16.7 Å². The monoisotopic (exact) mass is 256 g/mol. The number of hydrogen-bond donors (Lipinski definition) is 1. The molecule has 1 saturated heterocycles. The molecule has 1 atom stereocenters. The van der Waals surface area contributed by atoms with Crippen molar-refractivity contribution in [2.24, 2.45) is 7.05 Å². The predicted octanol–water partition coefficient (Wildman–Crippen LogP) is 2.73. The molecule has 2 aromatic rings. The molecule has 0 saturated carbocycles. The van der Waals surface area contributed by atoms with Crippen LogP contribution in [0, 0.1) is 13.8 Å². The van der Waals surface area contributed by atoms with Crippen LogP contribution in [-0.4, -0.2) is 22.9 Å². The Hall–Kier alpha value is -1.61. The van der Waals surface area contributed by atoms with Crippen LogP contribution < -0.4 is 5.32 Å². The fourth-order valence-corrected chi connectivity index (χ4v) is 3.25. The lowest BCUT2D eigenvalue weighted by molar-refractivity contribution is 0.0954. The highest BCUT2D eigenvalue weighted by atomic mass is 16.1. The second-order valence-corrected chi connectivity index (χ2v) is 5.64. The summed E-state index contributed by atoms with van der Waals surface area (Å²) in [5.41, 5.74) is 4.48. The molecule has 2 heterocycles. The lowest BCUT2D eigenvalue weighted by atomic mass is 10.00. The van der Waals surface area contributed by atoms with Gasteiger partial charge in [-0.2, -0.15) is 0 Å². The van der Waals surface area contributed by atoms with E-state index < -0.39 is 0 Å². The van der Waals surface area contributed by atoms with Crippen LogP contribution in [-0.2, 0) is 7.05 Å². The number of hydrogen-bond acceptors (Lipinski definition) is 2. The van der Waals surface area contributed by atoms with Crippen molar-refractivity contribution in [1.29, 1.82) is 0 Å². The SMILES string of the molecule is Cc1cc(C)c2c(c1)c(C(=O)C1CCCN1)cn2C. The molecule has 19 heavy (non-hydrogen) atoms. The maximum absolute atomic E-state index is 12.6. The summed E-state index contributed by atoms with van der Waals surface area (Å²) in [6.45, 7) is 5.15. The number of aromatic nitrogens is 1. The molecule has 1 fully saturated rings. The Bertz CT molecular complexity index is 648. The number of fused-ring (bicyclic) bond motifs is 1. The largest absolute Gasteiger partial charge is 0.350 e. The molecule has 1 aliphatic rings. The number of nitrogens with one attached hydrogen (secondary N) is 1. The van der Waals surface area contributed by atoms with Crippen LogP contribution in [0.1, 0.15) is 34.3 Å². The molecule has 1 aromatic carbocycles. The zero-order chi connectivity index (χ0) is 13.6. The summed E-state index contributed by atoms with van der Waals surface area (Å²) < 4.78 is 2.08. The Morgan fingerprint density at radius 2 is 2.16 bits per heavy atom. The standard InChI is InChI=1S/C16H20N2O/c1-10-7-11(2)15-12(8-10)13(9-18(15)3)16(19)14-5-4-6-17-14/h7-9,14,17H,4-6H2,1-3H3. The quantitative estimate of drug-likeness (QED) is 0.838. The van der Waals surface area contributed by atoms with Crippen molar-refractivity contribution in [3.8, 4) is 0 Å². The van der Waals surface area contributed by atoms with Crippen molar-refractivity contribution in [3.05, 3.63) is 35.0 Å². The van der Waals surface area contributed by atoms with E-state index in [9.17, 15) is 4.79 Å². The minimum absolute atomic E-state index is 0.00594. The molecule has 0 spiro atoms. The van der Waals surface area contributed by atoms with Gasteiger partial charge < -0.3 is 9.88 Å². The molecule has 1 unspecified atom stereocenters. The van der Waals surface area contributed by atoms with E-state index in [2.05, 4.69) is 35.9 Å². The van der Waals surface area contributed by atoms with E-state index in [1.54, 1.807) is 0 Å². The molecule has 100 valence electrons. The number of carbonyl (C=O) groups excluding carboxylic acids is 1. The Morgan fingerprint density at radius 1 is 1.37 bits per heavy atom. The first-order valence-electron chi connectivity index (χ1n) is 6.92. The molecule has 0 amide bonds. The maximum atomic E-state index is 12.6. The molecule has 1 aliphatic heterocycles. The van der Waals surface area contributed by atoms with E-state index in [0.29, 0.717) is 0 Å². The Kier molecular flexibility index (Phi) is 2.94. The summed E-state index contributed by atoms with van der Waals surface area (Å²) in [6, 6.07) is 4.31. The Labute approximate surface area is 113 Å². The normalized spacial score (nSPS) is 19.2. The minimum Gasteiger partial charge on any atom is -0.350 e. The van der Waals surface area contributed by atoms with Crippen molar-refractivity contribution in [2.45, 2.75) is 32.7 Å². The Morgan fingerprint density at radius 3 is 2.84 bits per heavy atom. The van der Waals surface area contributed by atoms with Gasteiger partial charge in [0.15, 0.2) is 5.78 Å². The van der Waals surface area contributed by atoms with E-state index in [1.807, 2.05) is 13.2 Å². The zero-order valence-corrected chi connectivity index (χ0v) is 11.8. The Balaban J connectivity index is 2.16. The fraction of sp³-hybridized carbons (Fsp3) is 0.438. The first-order valence-corrected chi connectivity index (χ1v) is 6.92. The van der Waals surface area contributed by atoms with Crippen LogP contribution >= 0.6 is 0 Å². The number of aryl methyl sites for hydroxylation is 3. The second kappa shape index (κ2) is 4.49. The number of carbonyl (C=O) groups is 1. The van der Waals surface area contributed by atoms with Gasteiger partial charge >= 0.3 is 0 Å². The van der Waals surface area contributed by atoms with Gasteiger partial charge in [-0.25, -0.2) is 0 Å². The van der Waals surface area contributed by atoms with Crippen LogP contribution in [0.4, 0.5) is 0 Å². The van der Waals surface area contributed by atoms with E-state index in [0.717, 1.165) is 30.3 Å². The molecule has 3 nitrogen and oxygen atoms in total. The molecule has 3 heteroatoms. The second-order valence-electron chi connectivity index (χ2n) is 5.64. The highest BCUT2D eigenvalue weighted by Crippen LogP contribution is 2.27. The number of rotatable bonds is 2. The van der Waals surface area contributed by atoms with Crippen molar-refractivity contribution in [2.75, 3.05) is 6.54 Å². The molecular formula is C16H20N2O. The van der Waals surface area contributed by atoms with E-state index in [1.165, 1.54) is 16.6 Å². The van der Waals surface area contributed by atoms with Gasteiger partial charge in [-0.15, -0.1) is 0 Å². The molecule has 1 N–H and O–H groups in total. The van der Waals surface area contributed by atoms with Gasteiger partial charge in [0.05, 0.1) is 11.6 Å². The first-order chi connectivity index (χ1) is 9.08. The van der Waals surface area contributed by atoms with Crippen LogP contribution in [0.15, 0.2) is 18.3 Å². The van der Waals surface area contributed by atoms with Crippen LogP contribution in [0.25, 0.3) is 10.9 Å². The summed E-state index contributed by atoms with van der Waals surface area (Å²) in [5, 5.41) is 4.40. The highest BCUT2D eigenvalue weighted by molar-refractivity contribution is 6.11. The smallest absolute Gasteiger partial charge is 0.181 e. The van der Waals surface area contributed by atoms with Gasteiger partial charge in [-0.1, -0.05) is 11.6 Å². The lowest BCUT2D eigenvalue weighted by Gasteiger charge is -2.08. The fourth-order valence-electron chi connectivity index (χ4n) is 3.25. The molecule has 3 rings (SSSR count). The third-order valence-corrected chi connectivity index (χ3v) is 4.05. The number of benzene rings is 1. The van der Waals surface area contributed by atoms with Crippen molar-refractivity contribution in [3.63, 3.8) is 0 Å². The average molecular weight is 256 g/mol. The van der Waals surface area contributed by atoms with Crippen molar-refractivity contribution < 1.29 is 4.79 Å². The summed E-state index contributed by atoms with van der Waals surface area (Å²) in [4.78, 5) is 12.6. The van der Waals surface area contributed by atoms with Gasteiger partial charge in [-0.3, -0.25) is 4.79 Å². The molecule has 1 aromatic heterocycles. The minimum atomic E-state index is 0.00594. The topological polar surface area (TPSA) is 34.0 Å². The average Bonchev–Trinajstić information content (AvgIpc) is 2.96. The van der Waals surface area contributed by atoms with Gasteiger partial charge in [-0.05, 0) is 44.9 Å². The maximum Gasteiger partial charge on any atom is 0.181 e. The predicted molar refractivity (Wildman–Crippen MR) is 77.7 cm³/mol. The van der Waals surface area contributed by atoms with Gasteiger partial charge in [0, 0.05) is 24.2 Å². The van der Waals surface area contributed by atoms with E-state index in [-0.39, 0.29) is 11.8 Å². The molecule has 0 bridgehead atoms. The van der Waals surface area contributed by atoms with Gasteiger partial charge in [0.2, 0.25) is 0 Å². The molecular weight excluding hydrogens is 236 g/mol. The van der Waals surface area contributed by atoms with Gasteiger partial charge in [0.25, 0.3) is 0 Å². The summed E-state index contributed by atoms with van der Waals surface area (Å²) in [7, 11) is 2.02. The number of nitrogens with zero attached hydrogens (tertiary/aromatic N) is 1. The van der Waals surface area contributed by atoms with Gasteiger partial charge in [0.1, 0.15) is 0 Å². The third-order valence-electron chi connectivity index (χ3n) is 4.05. The van der Waals surface area contributed by atoms with Crippen LogP contribution in [0.3, 0.4) is 0 Å². The van der Waals surface area contributed by atoms with Crippen LogP contribution in [0.5, 0.6) is 0 Å². The molecule has 0 radical (unpaired) electrons. The lowest BCUT2D eigenvalue weighted by Crippen LogP contribution is -2.30. The summed E-state index contributed by atoms with van der Waals surface area (Å²) in [6.07, 6.45) is 4.04. The summed E-state index contributed by atoms with van der Waals surface area (Å²) >= 11 is 0.